The summed E-state index contributed by atoms with van der Waals surface area (Å²) in [4.78, 5) is 2.12. The molecule has 0 atom stereocenters. The number of nitrogens with zero attached hydrogens (tertiary/aromatic N) is 1. The summed E-state index contributed by atoms with van der Waals surface area (Å²) in [5.41, 5.74) is 2.61. The van der Waals surface area contributed by atoms with Crippen molar-refractivity contribution in [3.8, 4) is 0 Å². The number of alkyl halides is 1. The molecule has 1 aromatic rings. The molecule has 0 N–H and O–H groups in total. The first-order valence-corrected chi connectivity index (χ1v) is 6.40. The van der Waals surface area contributed by atoms with Gasteiger partial charge < -0.3 is 42.0 Å². The third-order valence-electron chi connectivity index (χ3n) is 2.20. The summed E-state index contributed by atoms with van der Waals surface area (Å²) in [6.07, 6.45) is 10.0. The summed E-state index contributed by atoms with van der Waals surface area (Å²) in [5.74, 6) is 0. The van der Waals surface area contributed by atoms with Crippen molar-refractivity contribution in [3.63, 3.8) is 0 Å². The maximum atomic E-state index is 3.45. The summed E-state index contributed by atoms with van der Waals surface area (Å²) >= 11 is 3.45. The maximum Gasteiger partial charge on any atom is 0.0402 e. The van der Waals surface area contributed by atoms with Gasteiger partial charge in [-0.15, -0.1) is 6.42 Å². The van der Waals surface area contributed by atoms with Crippen molar-refractivity contribution in [2.75, 3.05) is 19.0 Å². The number of anilines is 1. The Bertz CT molecular complexity index is 363. The van der Waals surface area contributed by atoms with E-state index in [2.05, 4.69) is 71.3 Å². The minimum atomic E-state index is 0. The molecule has 0 saturated carbocycles. The topological polar surface area (TPSA) is 3.24 Å². The monoisotopic (exact) mass is 533 g/mol. The molecule has 0 radical (unpaired) electrons. The predicted octanol–water partition coefficient (Wildman–Crippen LogP) is 6.20. The predicted molar refractivity (Wildman–Crippen MR) is 107 cm³/mol. The minimum absolute atomic E-state index is 0. The van der Waals surface area contributed by atoms with Crippen LogP contribution in [0.1, 0.15) is 12.0 Å². The van der Waals surface area contributed by atoms with Crippen LogP contribution in [0, 0.1) is 43.2 Å². The molecule has 0 heterocycles. The van der Waals surface area contributed by atoms with Gasteiger partial charge in [0.05, 0.1) is 0 Å². The molecular weight excluding hydrogens is 501 g/mol. The van der Waals surface area contributed by atoms with E-state index in [1.165, 1.54) is 11.3 Å². The standard InChI is InChI=1S/C9H12BrN.C5H5.5CH3.Hf/c1-11(2)9-6-4-3-5-8(9)7-10;1-2-4-5-3-1;;;;;;/h3-6H,7H2,1-2H3;1-3H,4H2;5*1H3;/q;6*-1;. The molecule has 0 amide bonds. The van der Waals surface area contributed by atoms with Gasteiger partial charge in [-0.2, -0.15) is 6.08 Å². The zero-order valence-corrected chi connectivity index (χ0v) is 20.5. The van der Waals surface area contributed by atoms with Crippen LogP contribution in [0.5, 0.6) is 0 Å². The molecule has 130 valence electrons. The Hall–Kier alpha value is -0.150. The van der Waals surface area contributed by atoms with E-state index in [0.29, 0.717) is 0 Å². The fourth-order valence-corrected chi connectivity index (χ4v) is 1.87. The van der Waals surface area contributed by atoms with Gasteiger partial charge in [-0.05, 0) is 11.6 Å². The molecule has 2 rings (SSSR count). The maximum absolute atomic E-state index is 3.45. The fourth-order valence-electron chi connectivity index (χ4n) is 1.40. The molecule has 0 bridgehead atoms. The van der Waals surface area contributed by atoms with Gasteiger partial charge in [0.1, 0.15) is 0 Å². The van der Waals surface area contributed by atoms with Crippen LogP contribution in [0.15, 0.2) is 42.5 Å². The van der Waals surface area contributed by atoms with Crippen molar-refractivity contribution in [1.82, 2.24) is 0 Å². The van der Waals surface area contributed by atoms with Crippen molar-refractivity contribution in [3.05, 3.63) is 91.3 Å². The SMILES string of the molecule is CN(C)c1ccccc1CBr.[C-]1=CC=CC1.[CH3-].[CH3-].[CH3-].[CH3-].[CH3-].[Hf]. The van der Waals surface area contributed by atoms with Gasteiger partial charge in [0.2, 0.25) is 0 Å². The Morgan fingerprint density at radius 2 is 1.59 bits per heavy atom. The van der Waals surface area contributed by atoms with E-state index in [1.807, 2.05) is 12.2 Å². The Kier molecular flexibility index (Phi) is 39.7. The van der Waals surface area contributed by atoms with Gasteiger partial charge in [-0.3, -0.25) is 6.08 Å². The summed E-state index contributed by atoms with van der Waals surface area (Å²) in [5, 5.41) is 0.918. The normalized spacial score (nSPS) is 8.86. The zero-order valence-electron chi connectivity index (χ0n) is 15.3. The zero-order chi connectivity index (χ0) is 11.8. The van der Waals surface area contributed by atoms with Crippen molar-refractivity contribution in [2.24, 2.45) is 0 Å². The Morgan fingerprint density at radius 3 is 1.86 bits per heavy atom. The van der Waals surface area contributed by atoms with E-state index in [0.717, 1.165) is 11.8 Å². The largest absolute Gasteiger partial charge is 0.377 e. The van der Waals surface area contributed by atoms with Crippen molar-refractivity contribution in [2.45, 2.75) is 11.8 Å². The van der Waals surface area contributed by atoms with Gasteiger partial charge in [0.25, 0.3) is 0 Å². The molecule has 0 aromatic heterocycles. The van der Waals surface area contributed by atoms with Crippen molar-refractivity contribution < 1.29 is 25.8 Å². The first kappa shape index (κ1) is 37.8. The van der Waals surface area contributed by atoms with Gasteiger partial charge in [0.15, 0.2) is 0 Å². The summed E-state index contributed by atoms with van der Waals surface area (Å²) in [7, 11) is 4.11. The Balaban J connectivity index is -0.0000000518. The van der Waals surface area contributed by atoms with Crippen LogP contribution < -0.4 is 4.90 Å². The molecule has 3 heteroatoms. The third kappa shape index (κ3) is 14.8. The second-order valence-corrected chi connectivity index (χ2v) is 4.22. The van der Waals surface area contributed by atoms with Crippen molar-refractivity contribution in [1.29, 1.82) is 0 Å². The first-order valence-electron chi connectivity index (χ1n) is 5.28. The quantitative estimate of drug-likeness (QED) is 0.249. The number of halogens is 1. The van der Waals surface area contributed by atoms with Crippen LogP contribution in [0.2, 0.25) is 0 Å². The van der Waals surface area contributed by atoms with E-state index in [-0.39, 0.29) is 63.0 Å². The number of benzene rings is 1. The van der Waals surface area contributed by atoms with E-state index < -0.39 is 0 Å². The van der Waals surface area contributed by atoms with E-state index in [4.69, 9.17) is 0 Å². The van der Waals surface area contributed by atoms with Gasteiger partial charge in [-0.1, -0.05) is 34.1 Å². The van der Waals surface area contributed by atoms with E-state index in [1.54, 1.807) is 0 Å². The Labute approximate surface area is 168 Å². The fraction of sp³-hybridized carbons (Fsp3) is 0.211. The number of hydrogen-bond acceptors (Lipinski definition) is 1. The molecule has 1 aromatic carbocycles. The van der Waals surface area contributed by atoms with Crippen LogP contribution in [0.4, 0.5) is 5.69 Å². The van der Waals surface area contributed by atoms with E-state index >= 15 is 0 Å². The van der Waals surface area contributed by atoms with Gasteiger partial charge >= 0.3 is 0 Å². The van der Waals surface area contributed by atoms with Crippen LogP contribution in [-0.2, 0) is 31.2 Å². The summed E-state index contributed by atoms with van der Waals surface area (Å²) in [6, 6.07) is 8.37. The third-order valence-corrected chi connectivity index (χ3v) is 2.81. The molecule has 0 unspecified atom stereocenters. The minimum Gasteiger partial charge on any atom is -0.377 e. The number of rotatable bonds is 2. The summed E-state index contributed by atoms with van der Waals surface area (Å²) < 4.78 is 0. The molecule has 1 aliphatic carbocycles. The molecular formula is C19H32BrHfN-6. The van der Waals surface area contributed by atoms with Crippen molar-refractivity contribution >= 4 is 21.6 Å². The van der Waals surface area contributed by atoms with E-state index in [9.17, 15) is 0 Å². The first-order chi connectivity index (χ1) is 7.75. The molecule has 0 saturated heterocycles. The second-order valence-electron chi connectivity index (χ2n) is 3.66. The Morgan fingerprint density at radius 1 is 1.05 bits per heavy atom. The average Bonchev–Trinajstić information content (AvgIpc) is 2.87. The average molecular weight is 533 g/mol. The number of para-hydroxylation sites is 1. The van der Waals surface area contributed by atoms with Crippen LogP contribution in [0.25, 0.3) is 0 Å². The molecule has 0 aliphatic heterocycles. The number of allylic oxidation sites excluding steroid dienone is 4. The molecule has 1 aliphatic rings. The van der Waals surface area contributed by atoms with Crippen LogP contribution >= 0.6 is 15.9 Å². The smallest absolute Gasteiger partial charge is 0.0402 e. The number of hydrogen-bond donors (Lipinski definition) is 0. The van der Waals surface area contributed by atoms with Gasteiger partial charge in [0, 0.05) is 51.0 Å². The summed E-state index contributed by atoms with van der Waals surface area (Å²) in [6.45, 7) is 0. The van der Waals surface area contributed by atoms with Crippen LogP contribution in [0.3, 0.4) is 0 Å². The second kappa shape index (κ2) is 23.1. The molecule has 0 fully saturated rings. The molecule has 22 heavy (non-hydrogen) atoms. The van der Waals surface area contributed by atoms with Gasteiger partial charge in [-0.25, -0.2) is 12.2 Å². The van der Waals surface area contributed by atoms with Crippen LogP contribution in [-0.4, -0.2) is 14.1 Å². The molecule has 1 nitrogen and oxygen atoms in total. The molecule has 0 spiro atoms.